The number of hydrogen-bond acceptors (Lipinski definition) is 4. The number of H-pyrrole nitrogens is 1. The van der Waals surface area contributed by atoms with Crippen LogP contribution in [0.4, 0.5) is 5.82 Å². The van der Waals surface area contributed by atoms with Gasteiger partial charge in [-0.15, -0.1) is 0 Å². The Morgan fingerprint density at radius 1 is 1.11 bits per heavy atom. The zero-order chi connectivity index (χ0) is 19.0. The van der Waals surface area contributed by atoms with Gasteiger partial charge in [-0.05, 0) is 16.3 Å². The van der Waals surface area contributed by atoms with Gasteiger partial charge >= 0.3 is 0 Å². The van der Waals surface area contributed by atoms with Gasteiger partial charge in [0.1, 0.15) is 5.82 Å². The molecule has 4 rings (SSSR count). The van der Waals surface area contributed by atoms with Crippen molar-refractivity contribution in [3.05, 3.63) is 59.3 Å². The molecule has 2 N–H and O–H groups in total. The van der Waals surface area contributed by atoms with Crippen LogP contribution in [0.2, 0.25) is 0 Å². The summed E-state index contributed by atoms with van der Waals surface area (Å²) in [7, 11) is 0. The van der Waals surface area contributed by atoms with Gasteiger partial charge < -0.3 is 10.2 Å². The maximum Gasteiger partial charge on any atom is 0.290 e. The predicted molar refractivity (Wildman–Crippen MR) is 99.8 cm³/mol. The number of anilines is 1. The summed E-state index contributed by atoms with van der Waals surface area (Å²) in [6.07, 6.45) is 0.231. The fourth-order valence-corrected chi connectivity index (χ4v) is 3.32. The molecule has 0 fully saturated rings. The molecule has 0 atom stereocenters. The number of Topliss-reactive ketones (excluding diaryl/α,β-unsaturated/α-hetero) is 1. The number of nitrogens with zero attached hydrogens (tertiary/aromatic N) is 2. The molecule has 7 nitrogen and oxygen atoms in total. The van der Waals surface area contributed by atoms with Crippen LogP contribution in [-0.4, -0.2) is 32.7 Å². The second-order valence-corrected chi connectivity index (χ2v) is 6.65. The number of benzene rings is 2. The van der Waals surface area contributed by atoms with Crippen LogP contribution in [0.1, 0.15) is 23.7 Å². The van der Waals surface area contributed by atoms with E-state index in [-0.39, 0.29) is 25.4 Å². The lowest BCUT2D eigenvalue weighted by molar-refractivity contribution is -0.144. The second kappa shape index (κ2) is 6.68. The fraction of sp³-hybridized carbons (Fsp3) is 0.200. The number of carbonyl (C=O) groups excluding carboxylic acids is 3. The number of aromatic nitrogens is 2. The molecule has 2 aromatic carbocycles. The van der Waals surface area contributed by atoms with E-state index < -0.39 is 11.7 Å². The van der Waals surface area contributed by atoms with Gasteiger partial charge in [0.25, 0.3) is 5.91 Å². The lowest BCUT2D eigenvalue weighted by atomic mass is 10.0. The molecule has 0 bridgehead atoms. The van der Waals surface area contributed by atoms with Crippen molar-refractivity contribution in [3.8, 4) is 0 Å². The number of nitrogens with one attached hydrogen (secondary N) is 2. The van der Waals surface area contributed by atoms with Crippen LogP contribution in [0.25, 0.3) is 10.8 Å². The first-order chi connectivity index (χ1) is 13.0. The Labute approximate surface area is 155 Å². The van der Waals surface area contributed by atoms with Crippen LogP contribution in [0.3, 0.4) is 0 Å². The Morgan fingerprint density at radius 3 is 2.67 bits per heavy atom. The zero-order valence-electron chi connectivity index (χ0n) is 14.8. The third kappa shape index (κ3) is 3.31. The van der Waals surface area contributed by atoms with Crippen molar-refractivity contribution < 1.29 is 14.4 Å². The highest BCUT2D eigenvalue weighted by Gasteiger charge is 2.30. The maximum atomic E-state index is 12.4. The normalized spacial score (nSPS) is 12.9. The molecule has 1 aliphatic rings. The molecule has 27 heavy (non-hydrogen) atoms. The van der Waals surface area contributed by atoms with Crippen molar-refractivity contribution in [2.24, 2.45) is 0 Å². The Balaban J connectivity index is 1.45. The Kier molecular flexibility index (Phi) is 4.19. The van der Waals surface area contributed by atoms with Gasteiger partial charge in [0, 0.05) is 12.5 Å². The molecule has 2 heterocycles. The number of rotatable bonds is 4. The predicted octanol–water partition coefficient (Wildman–Crippen LogP) is 2.18. The number of aromatic amines is 1. The molecule has 0 aliphatic carbocycles. The first-order valence-corrected chi connectivity index (χ1v) is 8.65. The van der Waals surface area contributed by atoms with E-state index in [1.165, 1.54) is 11.8 Å². The van der Waals surface area contributed by atoms with Crippen LogP contribution < -0.4 is 5.32 Å². The molecule has 3 aromatic rings. The highest BCUT2D eigenvalue weighted by atomic mass is 16.2. The molecule has 1 aliphatic heterocycles. The molecule has 2 amide bonds. The van der Waals surface area contributed by atoms with Crippen LogP contribution in [0, 0.1) is 0 Å². The molecule has 7 heteroatoms. The van der Waals surface area contributed by atoms with E-state index in [1.807, 2.05) is 42.5 Å². The van der Waals surface area contributed by atoms with Gasteiger partial charge in [-0.25, -0.2) is 0 Å². The standard InChI is InChI=1S/C20H18N4O3/c1-12(25)20(27)24-10-16-17(11-24)22-23-19(16)21-18(26)9-13-6-7-14-4-2-3-5-15(14)8-13/h2-8H,9-11H2,1H3,(H2,21,22,23,26). The first-order valence-electron chi connectivity index (χ1n) is 8.65. The lowest BCUT2D eigenvalue weighted by Crippen LogP contribution is -2.31. The van der Waals surface area contributed by atoms with Gasteiger partial charge in [-0.2, -0.15) is 5.10 Å². The summed E-state index contributed by atoms with van der Waals surface area (Å²) in [5, 5.41) is 12.0. The molecule has 0 spiro atoms. The molecular weight excluding hydrogens is 344 g/mol. The van der Waals surface area contributed by atoms with Crippen molar-refractivity contribution in [3.63, 3.8) is 0 Å². The van der Waals surface area contributed by atoms with Crippen molar-refractivity contribution in [1.82, 2.24) is 15.1 Å². The Morgan fingerprint density at radius 2 is 1.89 bits per heavy atom. The van der Waals surface area contributed by atoms with Gasteiger partial charge in [-0.1, -0.05) is 42.5 Å². The van der Waals surface area contributed by atoms with Crippen LogP contribution in [-0.2, 0) is 33.9 Å². The minimum atomic E-state index is -0.540. The van der Waals surface area contributed by atoms with E-state index in [4.69, 9.17) is 0 Å². The van der Waals surface area contributed by atoms with Crippen molar-refractivity contribution >= 4 is 34.2 Å². The summed E-state index contributed by atoms with van der Waals surface area (Å²) in [5.41, 5.74) is 2.33. The Bertz CT molecular complexity index is 1070. The van der Waals surface area contributed by atoms with Crippen molar-refractivity contribution in [2.75, 3.05) is 5.32 Å². The maximum absolute atomic E-state index is 12.4. The first kappa shape index (κ1) is 17.0. The van der Waals surface area contributed by atoms with Crippen LogP contribution in [0.15, 0.2) is 42.5 Å². The van der Waals surface area contributed by atoms with E-state index in [0.717, 1.165) is 21.9 Å². The van der Waals surface area contributed by atoms with E-state index >= 15 is 0 Å². The quantitative estimate of drug-likeness (QED) is 0.696. The minimum Gasteiger partial charge on any atom is -0.326 e. The molecule has 136 valence electrons. The average Bonchev–Trinajstić information content (AvgIpc) is 3.23. The molecule has 0 radical (unpaired) electrons. The fourth-order valence-electron chi connectivity index (χ4n) is 3.32. The highest BCUT2D eigenvalue weighted by Crippen LogP contribution is 2.27. The summed E-state index contributed by atoms with van der Waals surface area (Å²) in [6.45, 7) is 1.78. The summed E-state index contributed by atoms with van der Waals surface area (Å²) >= 11 is 0. The topological polar surface area (TPSA) is 95.2 Å². The summed E-state index contributed by atoms with van der Waals surface area (Å²) < 4.78 is 0. The second-order valence-electron chi connectivity index (χ2n) is 6.65. The van der Waals surface area contributed by atoms with Crippen molar-refractivity contribution in [2.45, 2.75) is 26.4 Å². The SMILES string of the molecule is CC(=O)C(=O)N1Cc2n[nH]c(NC(=O)Cc3ccc4ccccc4c3)c2C1. The van der Waals surface area contributed by atoms with E-state index in [9.17, 15) is 14.4 Å². The van der Waals surface area contributed by atoms with E-state index in [1.54, 1.807) is 0 Å². The molecule has 0 unspecified atom stereocenters. The average molecular weight is 362 g/mol. The highest BCUT2D eigenvalue weighted by molar-refractivity contribution is 6.35. The number of hydrogen-bond donors (Lipinski definition) is 2. The summed E-state index contributed by atoms with van der Waals surface area (Å²) in [6, 6.07) is 13.9. The minimum absolute atomic E-state index is 0.173. The van der Waals surface area contributed by atoms with Crippen LogP contribution in [0.5, 0.6) is 0 Å². The summed E-state index contributed by atoms with van der Waals surface area (Å²) in [5.74, 6) is -0.741. The number of amides is 2. The van der Waals surface area contributed by atoms with E-state index in [2.05, 4.69) is 15.5 Å². The molecule has 1 aromatic heterocycles. The Hall–Kier alpha value is -3.48. The van der Waals surface area contributed by atoms with E-state index in [0.29, 0.717) is 11.5 Å². The number of fused-ring (bicyclic) bond motifs is 2. The largest absolute Gasteiger partial charge is 0.326 e. The smallest absolute Gasteiger partial charge is 0.290 e. The van der Waals surface area contributed by atoms with Gasteiger partial charge in [0.05, 0.1) is 25.2 Å². The molecule has 0 saturated carbocycles. The third-order valence-corrected chi connectivity index (χ3v) is 4.67. The third-order valence-electron chi connectivity index (χ3n) is 4.67. The zero-order valence-corrected chi connectivity index (χ0v) is 14.8. The monoisotopic (exact) mass is 362 g/mol. The molecule has 0 saturated heterocycles. The van der Waals surface area contributed by atoms with Gasteiger partial charge in [0.15, 0.2) is 0 Å². The van der Waals surface area contributed by atoms with Crippen LogP contribution >= 0.6 is 0 Å². The number of ketones is 1. The van der Waals surface area contributed by atoms with Gasteiger partial charge in [-0.3, -0.25) is 19.5 Å². The number of carbonyl (C=O) groups is 3. The van der Waals surface area contributed by atoms with Gasteiger partial charge in [0.2, 0.25) is 11.7 Å². The molecular formula is C20H18N4O3. The van der Waals surface area contributed by atoms with Crippen molar-refractivity contribution in [1.29, 1.82) is 0 Å². The lowest BCUT2D eigenvalue weighted by Gasteiger charge is -2.13. The summed E-state index contributed by atoms with van der Waals surface area (Å²) in [4.78, 5) is 37.0.